The van der Waals surface area contributed by atoms with Crippen molar-refractivity contribution in [2.75, 3.05) is 0 Å². The Balaban J connectivity index is 1.23. The summed E-state index contributed by atoms with van der Waals surface area (Å²) >= 11 is 2.37. The quantitative estimate of drug-likeness (QED) is 0.0433. The Bertz CT molecular complexity index is 3330. The lowest BCUT2D eigenvalue weighted by Crippen LogP contribution is -2.47. The second kappa shape index (κ2) is 21.7. The number of ether oxygens (including phenoxy) is 4. The molecule has 12 nitrogen and oxygen atoms in total. The normalized spacial score (nSPS) is 15.6. The maximum absolute atomic E-state index is 15.7. The standard InChI is InChI=1S/C62H44N4O8S2/c63-31-47(32-64)43-23-13-25-45(27-43)49-29-51-53(61(49,57(67)71-35-39-15-5-1-6-16-39)58(68)72-36-40-17-7-2-8-18-40)55-56(75-51)54-52(76-55)30-50(46-26-14-24-44(28-46)48(33-65)34-66)62(54,59(69)73-37-41-19-9-3-10-20-41)60(70)74-38-42-21-11-4-12-22-42/h1-12,15-22,27-30H,13-14,23-26,35-38H2. The number of nitriles is 4. The Morgan fingerprint density at radius 1 is 0.421 bits per heavy atom. The Morgan fingerprint density at radius 2 is 0.711 bits per heavy atom. The molecule has 10 rings (SSSR count). The first-order chi connectivity index (χ1) is 37.1. The number of carbonyl (C=O) groups excluding carboxylic acids is 4. The Kier molecular flexibility index (Phi) is 14.4. The van der Waals surface area contributed by atoms with E-state index in [1.807, 2.05) is 48.5 Å². The number of allylic oxidation sites excluding steroid dienone is 8. The molecule has 0 radical (unpaired) electrons. The Morgan fingerprint density at radius 3 is 0.987 bits per heavy atom. The number of hydrogen-bond donors (Lipinski definition) is 0. The van der Waals surface area contributed by atoms with Crippen molar-refractivity contribution in [3.63, 3.8) is 0 Å². The third kappa shape index (κ3) is 9.05. The van der Waals surface area contributed by atoms with E-state index in [-0.39, 0.29) is 59.8 Å². The number of benzene rings is 4. The topological polar surface area (TPSA) is 200 Å². The first-order valence-corrected chi connectivity index (χ1v) is 26.2. The summed E-state index contributed by atoms with van der Waals surface area (Å²) in [5.41, 5.74) is 0.832. The predicted octanol–water partition coefficient (Wildman–Crippen LogP) is 12.1. The number of rotatable bonds is 14. The molecule has 4 aliphatic carbocycles. The molecule has 0 fully saturated rings. The summed E-state index contributed by atoms with van der Waals surface area (Å²) in [5.74, 6) is -3.74. The molecule has 76 heavy (non-hydrogen) atoms. The van der Waals surface area contributed by atoms with Crippen molar-refractivity contribution in [1.82, 2.24) is 0 Å². The van der Waals surface area contributed by atoms with E-state index >= 15 is 19.2 Å². The molecule has 4 aliphatic rings. The van der Waals surface area contributed by atoms with Gasteiger partial charge in [-0.2, -0.15) is 21.0 Å². The summed E-state index contributed by atoms with van der Waals surface area (Å²) in [5, 5.41) is 40.0. The fraction of sp³-hybridized carbons (Fsp3) is 0.194. The number of fused-ring (bicyclic) bond motifs is 5. The maximum Gasteiger partial charge on any atom is 0.333 e. The van der Waals surface area contributed by atoms with Crippen molar-refractivity contribution >= 4 is 68.1 Å². The lowest BCUT2D eigenvalue weighted by atomic mass is 9.71. The molecule has 0 saturated heterocycles. The largest absolute Gasteiger partial charge is 0.459 e. The first-order valence-electron chi connectivity index (χ1n) is 24.5. The highest BCUT2D eigenvalue weighted by Gasteiger charge is 2.63. The molecule has 372 valence electrons. The zero-order valence-corrected chi connectivity index (χ0v) is 42.4. The molecule has 0 saturated carbocycles. The Labute approximate surface area is 446 Å². The van der Waals surface area contributed by atoms with Crippen LogP contribution in [0.1, 0.15) is 81.7 Å². The van der Waals surface area contributed by atoms with Crippen molar-refractivity contribution in [3.8, 4) is 24.3 Å². The molecular weight excluding hydrogens is 993 g/mol. The van der Waals surface area contributed by atoms with Gasteiger partial charge in [0.1, 0.15) is 61.9 Å². The number of hydrogen-bond acceptors (Lipinski definition) is 14. The first kappa shape index (κ1) is 50.4. The molecule has 14 heteroatoms. The van der Waals surface area contributed by atoms with E-state index in [0.29, 0.717) is 102 Å². The highest BCUT2D eigenvalue weighted by atomic mass is 32.1. The van der Waals surface area contributed by atoms with E-state index in [4.69, 9.17) is 18.9 Å². The zero-order valence-electron chi connectivity index (χ0n) is 40.8. The van der Waals surface area contributed by atoms with E-state index in [2.05, 4.69) is 0 Å². The van der Waals surface area contributed by atoms with Crippen molar-refractivity contribution < 1.29 is 38.1 Å². The third-order valence-electron chi connectivity index (χ3n) is 14.0. The van der Waals surface area contributed by atoms with Gasteiger partial charge in [0.2, 0.25) is 10.8 Å². The molecule has 2 heterocycles. The van der Waals surface area contributed by atoms with Gasteiger partial charge in [-0.1, -0.05) is 133 Å². The van der Waals surface area contributed by atoms with Crippen LogP contribution in [0.3, 0.4) is 0 Å². The fourth-order valence-corrected chi connectivity index (χ4v) is 13.4. The van der Waals surface area contributed by atoms with Crippen LogP contribution in [0.25, 0.3) is 21.6 Å². The molecule has 0 spiro atoms. The minimum atomic E-state index is -2.31. The van der Waals surface area contributed by atoms with Crippen LogP contribution in [0.4, 0.5) is 0 Å². The van der Waals surface area contributed by atoms with Gasteiger partial charge >= 0.3 is 23.9 Å². The van der Waals surface area contributed by atoms with Gasteiger partial charge in [-0.05, 0) is 106 Å². The van der Waals surface area contributed by atoms with Crippen molar-refractivity contribution in [2.24, 2.45) is 0 Å². The molecule has 4 aromatic carbocycles. The molecule has 0 atom stereocenters. The van der Waals surface area contributed by atoms with E-state index in [1.54, 1.807) is 121 Å². The van der Waals surface area contributed by atoms with Crippen molar-refractivity contribution in [1.29, 1.82) is 21.0 Å². The second-order valence-corrected chi connectivity index (χ2v) is 20.6. The average Bonchev–Trinajstić information content (AvgIpc) is 4.32. The van der Waals surface area contributed by atoms with Crippen LogP contribution < -0.4 is 0 Å². The molecule has 6 aromatic rings. The van der Waals surface area contributed by atoms with Crippen molar-refractivity contribution in [3.05, 3.63) is 221 Å². The number of esters is 4. The van der Waals surface area contributed by atoms with Crippen LogP contribution in [0.2, 0.25) is 0 Å². The number of carbonyl (C=O) groups is 4. The molecular formula is C62H44N4O8S2. The summed E-state index contributed by atoms with van der Waals surface area (Å²) in [6.07, 6.45) is 9.49. The average molecular weight is 1040 g/mol. The molecule has 2 aromatic heterocycles. The summed E-state index contributed by atoms with van der Waals surface area (Å²) < 4.78 is 25.8. The maximum atomic E-state index is 15.7. The lowest BCUT2D eigenvalue weighted by Gasteiger charge is -2.32. The minimum absolute atomic E-state index is 0.0871. The number of nitrogens with zero attached hydrogens (tertiary/aromatic N) is 4. The molecule has 0 N–H and O–H groups in total. The fourth-order valence-electron chi connectivity index (χ4n) is 10.4. The number of thiophene rings is 2. The van der Waals surface area contributed by atoms with Crippen molar-refractivity contribution in [2.45, 2.75) is 75.8 Å². The van der Waals surface area contributed by atoms with Gasteiger partial charge in [0, 0.05) is 20.9 Å². The summed E-state index contributed by atoms with van der Waals surface area (Å²) in [4.78, 5) is 63.8. The Hall–Kier alpha value is -9.18. The van der Waals surface area contributed by atoms with Crippen LogP contribution in [0.15, 0.2) is 178 Å². The smallest absolute Gasteiger partial charge is 0.333 e. The van der Waals surface area contributed by atoms with Crippen LogP contribution >= 0.6 is 22.7 Å². The highest BCUT2D eigenvalue weighted by Crippen LogP contribution is 2.62. The summed E-state index contributed by atoms with van der Waals surface area (Å²) in [7, 11) is 0. The summed E-state index contributed by atoms with van der Waals surface area (Å²) in [6.45, 7) is -0.825. The van der Waals surface area contributed by atoms with E-state index in [0.717, 1.165) is 0 Å². The second-order valence-electron chi connectivity index (χ2n) is 18.5. The van der Waals surface area contributed by atoms with Gasteiger partial charge in [-0.15, -0.1) is 22.7 Å². The zero-order chi connectivity index (χ0) is 52.8. The van der Waals surface area contributed by atoms with Crippen LogP contribution in [0, 0.1) is 45.3 Å². The van der Waals surface area contributed by atoms with E-state index in [1.165, 1.54) is 22.7 Å². The molecule has 0 amide bonds. The highest BCUT2D eigenvalue weighted by molar-refractivity contribution is 7.29. The lowest BCUT2D eigenvalue weighted by molar-refractivity contribution is -0.166. The van der Waals surface area contributed by atoms with E-state index in [9.17, 15) is 21.0 Å². The minimum Gasteiger partial charge on any atom is -0.459 e. The van der Waals surface area contributed by atoms with Crippen LogP contribution in [0.5, 0.6) is 0 Å². The predicted molar refractivity (Wildman–Crippen MR) is 284 cm³/mol. The van der Waals surface area contributed by atoms with Gasteiger partial charge in [0.25, 0.3) is 0 Å². The van der Waals surface area contributed by atoms with Gasteiger partial charge in [0.15, 0.2) is 0 Å². The molecule has 0 bridgehead atoms. The summed E-state index contributed by atoms with van der Waals surface area (Å²) in [6, 6.07) is 44.1. The molecule has 0 unspecified atom stereocenters. The van der Waals surface area contributed by atoms with Gasteiger partial charge in [-0.3, -0.25) is 19.2 Å². The monoisotopic (exact) mass is 1040 g/mol. The van der Waals surface area contributed by atoms with E-state index < -0.39 is 34.7 Å². The van der Waals surface area contributed by atoms with Crippen LogP contribution in [-0.4, -0.2) is 23.9 Å². The molecule has 0 aliphatic heterocycles. The van der Waals surface area contributed by atoms with Gasteiger partial charge in [0.05, 0.1) is 9.40 Å². The third-order valence-corrected chi connectivity index (χ3v) is 16.5. The van der Waals surface area contributed by atoms with Gasteiger partial charge < -0.3 is 18.9 Å². The SMILES string of the molecule is N#CC(C#N)=C1C=C(C2=Cc3sc4c5c(sc4c3C2(C(=O)OCc2ccccc2)C(=O)OCc2ccccc2)C=C(C2=CC(=C(C#N)C#N)CCC2)C5(C(=O)OCc2ccccc2)C(=O)OCc2ccccc2)CCC1. The van der Waals surface area contributed by atoms with Gasteiger partial charge in [-0.25, -0.2) is 0 Å². The van der Waals surface area contributed by atoms with Crippen LogP contribution in [-0.2, 0) is 75.4 Å².